The first-order valence-corrected chi connectivity index (χ1v) is 6.85. The molecule has 0 spiro atoms. The second kappa shape index (κ2) is 5.70. The van der Waals surface area contributed by atoms with Gasteiger partial charge in [0.05, 0.1) is 11.8 Å². The zero-order valence-electron chi connectivity index (χ0n) is 11.7. The normalized spacial score (nSPS) is 19.7. The lowest BCUT2D eigenvalue weighted by molar-refractivity contribution is 0.0986. The summed E-state index contributed by atoms with van der Waals surface area (Å²) in [5, 5.41) is 3.11. The van der Waals surface area contributed by atoms with E-state index in [2.05, 4.69) is 24.1 Å². The Hall–Kier alpha value is -1.09. The highest BCUT2D eigenvalue weighted by Crippen LogP contribution is 2.36. The van der Waals surface area contributed by atoms with E-state index in [-0.39, 0.29) is 0 Å². The molecule has 0 radical (unpaired) electrons. The van der Waals surface area contributed by atoms with Gasteiger partial charge >= 0.3 is 0 Å². The van der Waals surface area contributed by atoms with Crippen LogP contribution in [0, 0.1) is 5.41 Å². The van der Waals surface area contributed by atoms with E-state index in [1.165, 1.54) is 12.8 Å². The standard InChI is InChI=1S/C15H24N2O/c1-15(2)7-4-13(5-8-15)18-14-6-9-17-12(10-14)11-16-3/h6,9-10,13,16H,4-5,7-8,11H2,1-3H3. The first kappa shape index (κ1) is 13.3. The highest BCUT2D eigenvalue weighted by atomic mass is 16.5. The van der Waals surface area contributed by atoms with Crippen LogP contribution in [0.3, 0.4) is 0 Å². The number of pyridine rings is 1. The van der Waals surface area contributed by atoms with Gasteiger partial charge < -0.3 is 10.1 Å². The SMILES string of the molecule is CNCc1cc(OC2CCC(C)(C)CC2)ccn1. The fourth-order valence-electron chi connectivity index (χ4n) is 2.49. The summed E-state index contributed by atoms with van der Waals surface area (Å²) >= 11 is 0. The number of hydrogen-bond acceptors (Lipinski definition) is 3. The molecule has 0 saturated heterocycles. The van der Waals surface area contributed by atoms with Crippen molar-refractivity contribution in [1.29, 1.82) is 0 Å². The van der Waals surface area contributed by atoms with Crippen molar-refractivity contribution in [3.8, 4) is 5.75 Å². The second-order valence-corrected chi connectivity index (χ2v) is 5.99. The number of ether oxygens (including phenoxy) is 1. The van der Waals surface area contributed by atoms with Crippen LogP contribution in [0.1, 0.15) is 45.2 Å². The van der Waals surface area contributed by atoms with Gasteiger partial charge in [-0.15, -0.1) is 0 Å². The highest BCUT2D eigenvalue weighted by molar-refractivity contribution is 5.23. The lowest BCUT2D eigenvalue weighted by Gasteiger charge is -2.34. The van der Waals surface area contributed by atoms with Crippen LogP contribution in [0.25, 0.3) is 0 Å². The zero-order chi connectivity index (χ0) is 13.0. The van der Waals surface area contributed by atoms with Crippen LogP contribution in [0.5, 0.6) is 5.75 Å². The minimum atomic E-state index is 0.378. The van der Waals surface area contributed by atoms with Gasteiger partial charge in [-0.2, -0.15) is 0 Å². The van der Waals surface area contributed by atoms with Gasteiger partial charge in [0.15, 0.2) is 0 Å². The number of aromatic nitrogens is 1. The van der Waals surface area contributed by atoms with Gasteiger partial charge in [-0.25, -0.2) is 0 Å². The summed E-state index contributed by atoms with van der Waals surface area (Å²) in [6.07, 6.45) is 7.04. The second-order valence-electron chi connectivity index (χ2n) is 5.99. The van der Waals surface area contributed by atoms with Gasteiger partial charge in [0.2, 0.25) is 0 Å². The van der Waals surface area contributed by atoms with Crippen molar-refractivity contribution in [2.75, 3.05) is 7.05 Å². The van der Waals surface area contributed by atoms with Gasteiger partial charge in [-0.05, 0) is 44.2 Å². The molecular formula is C15H24N2O. The van der Waals surface area contributed by atoms with Crippen LogP contribution in [0.2, 0.25) is 0 Å². The number of nitrogens with one attached hydrogen (secondary N) is 1. The Kier molecular flexibility index (Phi) is 4.23. The third kappa shape index (κ3) is 3.70. The molecule has 0 amide bonds. The molecule has 18 heavy (non-hydrogen) atoms. The Morgan fingerprint density at radius 1 is 1.39 bits per heavy atom. The molecule has 1 fully saturated rings. The van der Waals surface area contributed by atoms with Crippen LogP contribution in [0.4, 0.5) is 0 Å². The third-order valence-corrected chi connectivity index (χ3v) is 3.73. The van der Waals surface area contributed by atoms with E-state index >= 15 is 0 Å². The highest BCUT2D eigenvalue weighted by Gasteiger charge is 2.27. The van der Waals surface area contributed by atoms with Gasteiger partial charge in [0.1, 0.15) is 5.75 Å². The van der Waals surface area contributed by atoms with Gasteiger partial charge in [-0.3, -0.25) is 4.98 Å². The zero-order valence-corrected chi connectivity index (χ0v) is 11.7. The van der Waals surface area contributed by atoms with E-state index in [0.29, 0.717) is 11.5 Å². The van der Waals surface area contributed by atoms with E-state index in [1.807, 2.05) is 25.4 Å². The first-order chi connectivity index (χ1) is 8.59. The Bertz CT molecular complexity index is 380. The fraction of sp³-hybridized carbons (Fsp3) is 0.667. The molecule has 2 rings (SSSR count). The maximum Gasteiger partial charge on any atom is 0.123 e. The Balaban J connectivity index is 1.91. The molecule has 1 saturated carbocycles. The Morgan fingerprint density at radius 2 is 2.11 bits per heavy atom. The van der Waals surface area contributed by atoms with Gasteiger partial charge in [0.25, 0.3) is 0 Å². The average molecular weight is 248 g/mol. The molecular weight excluding hydrogens is 224 g/mol. The van der Waals surface area contributed by atoms with Crippen molar-refractivity contribution < 1.29 is 4.74 Å². The maximum absolute atomic E-state index is 6.07. The molecule has 100 valence electrons. The van der Waals surface area contributed by atoms with E-state index in [4.69, 9.17) is 4.74 Å². The predicted molar refractivity (Wildman–Crippen MR) is 73.7 cm³/mol. The average Bonchev–Trinajstić information content (AvgIpc) is 2.33. The number of rotatable bonds is 4. The number of nitrogens with zero attached hydrogens (tertiary/aromatic N) is 1. The molecule has 1 aromatic heterocycles. The molecule has 1 N–H and O–H groups in total. The summed E-state index contributed by atoms with van der Waals surface area (Å²) in [5.74, 6) is 0.958. The summed E-state index contributed by atoms with van der Waals surface area (Å²) in [5.41, 5.74) is 1.53. The van der Waals surface area contributed by atoms with Gasteiger partial charge in [-0.1, -0.05) is 13.8 Å². The van der Waals surface area contributed by atoms with Crippen LogP contribution in [-0.2, 0) is 6.54 Å². The van der Waals surface area contributed by atoms with E-state index < -0.39 is 0 Å². The summed E-state index contributed by atoms with van der Waals surface area (Å²) in [4.78, 5) is 4.30. The van der Waals surface area contributed by atoms with Crippen molar-refractivity contribution in [3.63, 3.8) is 0 Å². The minimum Gasteiger partial charge on any atom is -0.490 e. The minimum absolute atomic E-state index is 0.378. The van der Waals surface area contributed by atoms with Crippen LogP contribution >= 0.6 is 0 Å². The lowest BCUT2D eigenvalue weighted by atomic mass is 9.76. The van der Waals surface area contributed by atoms with Crippen molar-refractivity contribution >= 4 is 0 Å². The summed E-state index contributed by atoms with van der Waals surface area (Å²) in [6, 6.07) is 4.00. The number of hydrogen-bond donors (Lipinski definition) is 1. The molecule has 0 bridgehead atoms. The fourth-order valence-corrected chi connectivity index (χ4v) is 2.49. The molecule has 0 aliphatic heterocycles. The van der Waals surface area contributed by atoms with Crippen LogP contribution < -0.4 is 10.1 Å². The Morgan fingerprint density at radius 3 is 2.78 bits per heavy atom. The monoisotopic (exact) mass is 248 g/mol. The molecule has 0 aromatic carbocycles. The van der Waals surface area contributed by atoms with Crippen molar-refractivity contribution in [2.24, 2.45) is 5.41 Å². The smallest absolute Gasteiger partial charge is 0.123 e. The van der Waals surface area contributed by atoms with Crippen LogP contribution in [0.15, 0.2) is 18.3 Å². The summed E-state index contributed by atoms with van der Waals surface area (Å²) in [7, 11) is 1.93. The first-order valence-electron chi connectivity index (χ1n) is 6.85. The Labute approximate surface area is 110 Å². The largest absolute Gasteiger partial charge is 0.490 e. The maximum atomic E-state index is 6.07. The molecule has 3 nitrogen and oxygen atoms in total. The quantitative estimate of drug-likeness (QED) is 0.888. The summed E-state index contributed by atoms with van der Waals surface area (Å²) < 4.78 is 6.07. The third-order valence-electron chi connectivity index (χ3n) is 3.73. The van der Waals surface area contributed by atoms with Crippen molar-refractivity contribution in [2.45, 2.75) is 52.2 Å². The van der Waals surface area contributed by atoms with E-state index in [9.17, 15) is 0 Å². The van der Waals surface area contributed by atoms with Crippen molar-refractivity contribution in [3.05, 3.63) is 24.0 Å². The van der Waals surface area contributed by atoms with E-state index in [0.717, 1.165) is 30.8 Å². The lowest BCUT2D eigenvalue weighted by Crippen LogP contribution is -2.28. The van der Waals surface area contributed by atoms with Crippen LogP contribution in [-0.4, -0.2) is 18.1 Å². The van der Waals surface area contributed by atoms with Gasteiger partial charge in [0, 0.05) is 18.8 Å². The molecule has 1 heterocycles. The molecule has 1 aliphatic rings. The molecule has 0 unspecified atom stereocenters. The van der Waals surface area contributed by atoms with E-state index in [1.54, 1.807) is 0 Å². The molecule has 0 atom stereocenters. The van der Waals surface area contributed by atoms with Crippen molar-refractivity contribution in [1.82, 2.24) is 10.3 Å². The molecule has 3 heteroatoms. The summed E-state index contributed by atoms with van der Waals surface area (Å²) in [6.45, 7) is 5.48. The topological polar surface area (TPSA) is 34.1 Å². The molecule has 1 aliphatic carbocycles. The molecule has 1 aromatic rings. The predicted octanol–water partition coefficient (Wildman–Crippen LogP) is 3.15.